The van der Waals surface area contributed by atoms with Gasteiger partial charge in [-0.15, -0.1) is 0 Å². The number of amides is 2. The smallest absolute Gasteiger partial charge is 0.326 e. The molecule has 0 aromatic rings. The van der Waals surface area contributed by atoms with Crippen LogP contribution in [0.4, 0.5) is 4.79 Å². The maximum absolute atomic E-state index is 11.9. The Labute approximate surface area is 103 Å². The maximum Gasteiger partial charge on any atom is 0.326 e. The molecule has 5 heteroatoms. The first-order valence-electron chi connectivity index (χ1n) is 6.03. The van der Waals surface area contributed by atoms with E-state index in [1.807, 2.05) is 27.7 Å². The first kappa shape index (κ1) is 15.7. The van der Waals surface area contributed by atoms with E-state index in [-0.39, 0.29) is 11.6 Å². The monoisotopic (exact) mass is 244 g/mol. The van der Waals surface area contributed by atoms with E-state index in [0.717, 1.165) is 12.8 Å². The Bertz CT molecular complexity index is 277. The second-order valence-electron chi connectivity index (χ2n) is 4.85. The Hall–Kier alpha value is -1.26. The SMILES string of the molecule is CCCC(NC(=O)N(C)C(C)(C)CC)C(=O)O. The lowest BCUT2D eigenvalue weighted by Crippen LogP contribution is -2.53. The van der Waals surface area contributed by atoms with Gasteiger partial charge in [0.15, 0.2) is 0 Å². The molecule has 0 aliphatic heterocycles. The summed E-state index contributed by atoms with van der Waals surface area (Å²) in [5.41, 5.74) is -0.278. The zero-order chi connectivity index (χ0) is 13.6. The molecule has 0 aliphatic rings. The van der Waals surface area contributed by atoms with Crippen LogP contribution < -0.4 is 5.32 Å². The number of hydrogen-bond acceptors (Lipinski definition) is 2. The summed E-state index contributed by atoms with van der Waals surface area (Å²) in [4.78, 5) is 24.4. The van der Waals surface area contributed by atoms with Crippen LogP contribution in [0, 0.1) is 0 Å². The lowest BCUT2D eigenvalue weighted by Gasteiger charge is -2.35. The molecular weight excluding hydrogens is 220 g/mol. The molecule has 0 heterocycles. The van der Waals surface area contributed by atoms with Crippen molar-refractivity contribution in [1.29, 1.82) is 0 Å². The Morgan fingerprint density at radius 1 is 1.35 bits per heavy atom. The molecule has 1 atom stereocenters. The van der Waals surface area contributed by atoms with Crippen LogP contribution in [0.5, 0.6) is 0 Å². The van der Waals surface area contributed by atoms with E-state index < -0.39 is 12.0 Å². The molecule has 0 saturated carbocycles. The van der Waals surface area contributed by atoms with Gasteiger partial charge in [0.2, 0.25) is 0 Å². The molecule has 17 heavy (non-hydrogen) atoms. The predicted molar refractivity (Wildman–Crippen MR) is 67.0 cm³/mol. The first-order chi connectivity index (χ1) is 7.76. The molecule has 0 aromatic heterocycles. The number of rotatable bonds is 6. The van der Waals surface area contributed by atoms with Gasteiger partial charge in [-0.2, -0.15) is 0 Å². The molecule has 0 aliphatic carbocycles. The number of nitrogens with zero attached hydrogens (tertiary/aromatic N) is 1. The maximum atomic E-state index is 11.9. The summed E-state index contributed by atoms with van der Waals surface area (Å²) in [6.45, 7) is 7.77. The van der Waals surface area contributed by atoms with E-state index in [1.165, 1.54) is 0 Å². The minimum absolute atomic E-state index is 0.278. The molecule has 0 saturated heterocycles. The van der Waals surface area contributed by atoms with Gasteiger partial charge in [-0.25, -0.2) is 9.59 Å². The highest BCUT2D eigenvalue weighted by Gasteiger charge is 2.28. The van der Waals surface area contributed by atoms with Crippen molar-refractivity contribution < 1.29 is 14.7 Å². The average molecular weight is 244 g/mol. The Kier molecular flexibility index (Phi) is 5.99. The number of urea groups is 1. The summed E-state index contributed by atoms with van der Waals surface area (Å²) >= 11 is 0. The summed E-state index contributed by atoms with van der Waals surface area (Å²) in [5, 5.41) is 11.5. The summed E-state index contributed by atoms with van der Waals surface area (Å²) < 4.78 is 0. The second kappa shape index (κ2) is 6.47. The number of aliphatic carboxylic acids is 1. The van der Waals surface area contributed by atoms with Gasteiger partial charge in [-0.3, -0.25) is 0 Å². The summed E-state index contributed by atoms with van der Waals surface area (Å²) in [6.07, 6.45) is 1.97. The molecular formula is C12H24N2O3. The molecule has 0 radical (unpaired) electrons. The summed E-state index contributed by atoms with van der Waals surface area (Å²) in [5.74, 6) is -0.983. The Morgan fingerprint density at radius 3 is 2.24 bits per heavy atom. The third-order valence-corrected chi connectivity index (χ3v) is 3.25. The van der Waals surface area contributed by atoms with Gasteiger partial charge in [0.05, 0.1) is 0 Å². The average Bonchev–Trinajstić information content (AvgIpc) is 2.27. The van der Waals surface area contributed by atoms with Crippen molar-refractivity contribution in [1.82, 2.24) is 10.2 Å². The molecule has 0 rings (SSSR count). The van der Waals surface area contributed by atoms with Crippen molar-refractivity contribution in [2.24, 2.45) is 0 Å². The molecule has 0 aromatic carbocycles. The van der Waals surface area contributed by atoms with Crippen LogP contribution in [-0.2, 0) is 4.79 Å². The van der Waals surface area contributed by atoms with Gasteiger partial charge in [-0.1, -0.05) is 20.3 Å². The standard InChI is InChI=1S/C12H24N2O3/c1-6-8-9(10(15)16)13-11(17)14(5)12(3,4)7-2/h9H,6-8H2,1-5H3,(H,13,17)(H,15,16). The van der Waals surface area contributed by atoms with Crippen molar-refractivity contribution in [3.63, 3.8) is 0 Å². The van der Waals surface area contributed by atoms with Crippen molar-refractivity contribution in [3.05, 3.63) is 0 Å². The molecule has 2 amide bonds. The highest BCUT2D eigenvalue weighted by molar-refractivity contribution is 5.82. The molecule has 0 bridgehead atoms. The number of carbonyl (C=O) groups is 2. The highest BCUT2D eigenvalue weighted by atomic mass is 16.4. The molecule has 0 fully saturated rings. The molecule has 0 spiro atoms. The highest BCUT2D eigenvalue weighted by Crippen LogP contribution is 2.16. The van der Waals surface area contributed by atoms with Crippen LogP contribution in [0.3, 0.4) is 0 Å². The molecule has 100 valence electrons. The summed E-state index contributed by atoms with van der Waals surface area (Å²) in [7, 11) is 1.68. The Morgan fingerprint density at radius 2 is 1.88 bits per heavy atom. The van der Waals surface area contributed by atoms with Crippen molar-refractivity contribution in [2.45, 2.75) is 58.5 Å². The Balaban J connectivity index is 4.56. The zero-order valence-electron chi connectivity index (χ0n) is 11.4. The predicted octanol–water partition coefficient (Wildman–Crippen LogP) is 2.07. The van der Waals surface area contributed by atoms with E-state index in [9.17, 15) is 9.59 Å². The molecule has 1 unspecified atom stereocenters. The molecule has 2 N–H and O–H groups in total. The second-order valence-corrected chi connectivity index (χ2v) is 4.85. The quantitative estimate of drug-likeness (QED) is 0.751. The minimum atomic E-state index is -0.983. The third-order valence-electron chi connectivity index (χ3n) is 3.25. The van der Waals surface area contributed by atoms with E-state index in [4.69, 9.17) is 5.11 Å². The topological polar surface area (TPSA) is 69.6 Å². The van der Waals surface area contributed by atoms with Crippen LogP contribution in [0.15, 0.2) is 0 Å². The van der Waals surface area contributed by atoms with Crippen LogP contribution >= 0.6 is 0 Å². The fourth-order valence-corrected chi connectivity index (χ4v) is 1.30. The van der Waals surface area contributed by atoms with Crippen LogP contribution in [0.1, 0.15) is 47.0 Å². The van der Waals surface area contributed by atoms with Crippen LogP contribution in [0.2, 0.25) is 0 Å². The van der Waals surface area contributed by atoms with Crippen LogP contribution in [-0.4, -0.2) is 40.6 Å². The van der Waals surface area contributed by atoms with E-state index >= 15 is 0 Å². The van der Waals surface area contributed by atoms with Gasteiger partial charge in [0.25, 0.3) is 0 Å². The van der Waals surface area contributed by atoms with E-state index in [2.05, 4.69) is 5.32 Å². The van der Waals surface area contributed by atoms with Gasteiger partial charge in [-0.05, 0) is 26.7 Å². The summed E-state index contributed by atoms with van der Waals surface area (Å²) in [6, 6.07) is -1.14. The van der Waals surface area contributed by atoms with Crippen molar-refractivity contribution in [3.8, 4) is 0 Å². The first-order valence-corrected chi connectivity index (χ1v) is 6.03. The number of carbonyl (C=O) groups excluding carboxylic acids is 1. The largest absolute Gasteiger partial charge is 0.480 e. The lowest BCUT2D eigenvalue weighted by atomic mass is 10.0. The van der Waals surface area contributed by atoms with Crippen LogP contribution in [0.25, 0.3) is 0 Å². The number of carboxylic acid groups (broad SMARTS) is 1. The van der Waals surface area contributed by atoms with Crippen molar-refractivity contribution in [2.75, 3.05) is 7.05 Å². The van der Waals surface area contributed by atoms with Gasteiger partial charge < -0.3 is 15.3 Å². The number of nitrogens with one attached hydrogen (secondary N) is 1. The van der Waals surface area contributed by atoms with E-state index in [1.54, 1.807) is 11.9 Å². The van der Waals surface area contributed by atoms with Gasteiger partial charge >= 0.3 is 12.0 Å². The van der Waals surface area contributed by atoms with Gasteiger partial charge in [0.1, 0.15) is 6.04 Å². The minimum Gasteiger partial charge on any atom is -0.480 e. The fourth-order valence-electron chi connectivity index (χ4n) is 1.30. The van der Waals surface area contributed by atoms with Gasteiger partial charge in [0, 0.05) is 12.6 Å². The van der Waals surface area contributed by atoms with Crippen molar-refractivity contribution >= 4 is 12.0 Å². The number of hydrogen-bond donors (Lipinski definition) is 2. The lowest BCUT2D eigenvalue weighted by molar-refractivity contribution is -0.139. The third kappa shape index (κ3) is 4.63. The zero-order valence-corrected chi connectivity index (χ0v) is 11.4. The number of carboxylic acids is 1. The fraction of sp³-hybridized carbons (Fsp3) is 0.833. The normalized spacial score (nSPS) is 13.0. The molecule has 5 nitrogen and oxygen atoms in total. The van der Waals surface area contributed by atoms with E-state index in [0.29, 0.717) is 6.42 Å².